The molecule has 2 unspecified atom stereocenters. The second-order valence-electron chi connectivity index (χ2n) is 7.09. The lowest BCUT2D eigenvalue weighted by molar-refractivity contribution is 0.468. The van der Waals surface area contributed by atoms with Gasteiger partial charge in [0.25, 0.3) is 10.0 Å². The minimum atomic E-state index is -3.71. The quantitative estimate of drug-likeness (QED) is 0.637. The molecule has 2 heterocycles. The van der Waals surface area contributed by atoms with Crippen LogP contribution >= 0.6 is 23.2 Å². The Morgan fingerprint density at radius 3 is 2.59 bits per heavy atom. The minimum Gasteiger partial charge on any atom is -0.380 e. The first-order chi connectivity index (χ1) is 13.8. The fraction of sp³-hybridized carbons (Fsp3) is 0.250. The number of imidazole rings is 1. The lowest BCUT2D eigenvalue weighted by Crippen LogP contribution is -2.32. The summed E-state index contributed by atoms with van der Waals surface area (Å²) in [4.78, 5) is 4.04. The number of anilines is 1. The molecule has 4 rings (SSSR count). The lowest BCUT2D eigenvalue weighted by Gasteiger charge is -2.22. The van der Waals surface area contributed by atoms with Gasteiger partial charge in [-0.3, -0.25) is 0 Å². The molecule has 0 bridgehead atoms. The molecule has 29 heavy (non-hydrogen) atoms. The molecule has 1 aromatic heterocycles. The number of rotatable bonds is 5. The van der Waals surface area contributed by atoms with Gasteiger partial charge < -0.3 is 9.88 Å². The van der Waals surface area contributed by atoms with Gasteiger partial charge in [0.05, 0.1) is 6.33 Å². The molecule has 6 nitrogen and oxygen atoms in total. The number of benzene rings is 2. The van der Waals surface area contributed by atoms with E-state index in [2.05, 4.69) is 10.3 Å². The van der Waals surface area contributed by atoms with Crippen LogP contribution in [0.4, 0.5) is 5.69 Å². The number of aromatic nitrogens is 2. The smallest absolute Gasteiger partial charge is 0.262 e. The first-order valence-electron chi connectivity index (χ1n) is 9.09. The number of aryl methyl sites for hydroxylation is 1. The molecule has 2 atom stereocenters. The molecule has 152 valence electrons. The van der Waals surface area contributed by atoms with Gasteiger partial charge in [-0.25, -0.2) is 13.4 Å². The molecule has 1 aliphatic heterocycles. The molecule has 1 aliphatic rings. The van der Waals surface area contributed by atoms with Crippen LogP contribution < -0.4 is 5.32 Å². The number of hydrogen-bond donors (Lipinski definition) is 1. The first kappa shape index (κ1) is 20.2. The van der Waals surface area contributed by atoms with Gasteiger partial charge in [-0.15, -0.1) is 0 Å². The van der Waals surface area contributed by atoms with Crippen molar-refractivity contribution < 1.29 is 8.42 Å². The van der Waals surface area contributed by atoms with E-state index in [4.69, 9.17) is 23.2 Å². The number of hydrogen-bond acceptors (Lipinski definition) is 4. The van der Waals surface area contributed by atoms with Crippen LogP contribution in [0.2, 0.25) is 10.0 Å². The third-order valence-electron chi connectivity index (χ3n) is 5.05. The molecule has 9 heteroatoms. The number of halogens is 2. The van der Waals surface area contributed by atoms with Gasteiger partial charge in [-0.1, -0.05) is 47.5 Å². The number of sulfonamides is 1. The van der Waals surface area contributed by atoms with Crippen LogP contribution in [0, 0.1) is 0 Å². The molecule has 0 radical (unpaired) electrons. The summed E-state index contributed by atoms with van der Waals surface area (Å²) in [6.07, 6.45) is 2.99. The molecule has 2 aromatic carbocycles. The maximum atomic E-state index is 13.1. The van der Waals surface area contributed by atoms with Crippen LogP contribution in [0.25, 0.3) is 0 Å². The first-order valence-corrected chi connectivity index (χ1v) is 11.3. The topological polar surface area (TPSA) is 67.2 Å². The fourth-order valence-electron chi connectivity index (χ4n) is 3.65. The van der Waals surface area contributed by atoms with Gasteiger partial charge in [-0.05, 0) is 29.8 Å². The van der Waals surface area contributed by atoms with Gasteiger partial charge in [0, 0.05) is 54.0 Å². The van der Waals surface area contributed by atoms with Crippen molar-refractivity contribution >= 4 is 38.9 Å². The highest BCUT2D eigenvalue weighted by molar-refractivity contribution is 7.89. The van der Waals surface area contributed by atoms with E-state index in [0.717, 1.165) is 11.3 Å². The van der Waals surface area contributed by atoms with Crippen molar-refractivity contribution in [3.63, 3.8) is 0 Å². The molecule has 0 amide bonds. The zero-order valence-corrected chi connectivity index (χ0v) is 18.0. The predicted octanol–water partition coefficient (Wildman–Crippen LogP) is 4.00. The van der Waals surface area contributed by atoms with Gasteiger partial charge in [0.2, 0.25) is 0 Å². The van der Waals surface area contributed by atoms with Crippen molar-refractivity contribution in [2.75, 3.05) is 18.4 Å². The Morgan fingerprint density at radius 2 is 1.90 bits per heavy atom. The lowest BCUT2D eigenvalue weighted by atomic mass is 9.94. The van der Waals surface area contributed by atoms with Gasteiger partial charge in [0.15, 0.2) is 5.03 Å². The van der Waals surface area contributed by atoms with E-state index in [0.29, 0.717) is 23.1 Å². The second-order valence-corrected chi connectivity index (χ2v) is 9.82. The predicted molar refractivity (Wildman–Crippen MR) is 115 cm³/mol. The molecule has 1 saturated heterocycles. The monoisotopic (exact) mass is 450 g/mol. The average Bonchev–Trinajstić information content (AvgIpc) is 3.30. The van der Waals surface area contributed by atoms with E-state index in [1.165, 1.54) is 16.8 Å². The standard InChI is InChI=1S/C20H20Cl2N4O2S/c1-25-12-20(23-13-25)29(27,28)26-10-17(16-7-2-3-8-18(16)22)19(11-26)24-15-6-4-5-14(21)9-15/h2-9,12-13,17,19,24H,10-11H2,1H3. The van der Waals surface area contributed by atoms with Gasteiger partial charge in [0.1, 0.15) is 0 Å². The summed E-state index contributed by atoms with van der Waals surface area (Å²) in [5.74, 6) is -0.124. The Hall–Kier alpha value is -2.06. The van der Waals surface area contributed by atoms with E-state index in [1.54, 1.807) is 17.7 Å². The molecule has 0 spiro atoms. The summed E-state index contributed by atoms with van der Waals surface area (Å²) in [6.45, 7) is 0.599. The van der Waals surface area contributed by atoms with Crippen molar-refractivity contribution in [2.45, 2.75) is 17.0 Å². The van der Waals surface area contributed by atoms with E-state index in [-0.39, 0.29) is 17.0 Å². The Bertz CT molecular complexity index is 1130. The van der Waals surface area contributed by atoms with Crippen molar-refractivity contribution in [3.05, 3.63) is 76.7 Å². The zero-order chi connectivity index (χ0) is 20.6. The molecular weight excluding hydrogens is 431 g/mol. The highest BCUT2D eigenvalue weighted by Crippen LogP contribution is 2.36. The summed E-state index contributed by atoms with van der Waals surface area (Å²) in [5, 5.41) is 4.71. The van der Waals surface area contributed by atoms with Gasteiger partial charge in [-0.2, -0.15) is 4.31 Å². The van der Waals surface area contributed by atoms with E-state index < -0.39 is 10.0 Å². The third kappa shape index (κ3) is 4.14. The summed E-state index contributed by atoms with van der Waals surface area (Å²) >= 11 is 12.6. The Morgan fingerprint density at radius 1 is 1.10 bits per heavy atom. The third-order valence-corrected chi connectivity index (χ3v) is 7.35. The van der Waals surface area contributed by atoms with Crippen LogP contribution in [0.15, 0.2) is 66.1 Å². The zero-order valence-electron chi connectivity index (χ0n) is 15.7. The highest BCUT2D eigenvalue weighted by Gasteiger charge is 2.41. The largest absolute Gasteiger partial charge is 0.380 e. The van der Waals surface area contributed by atoms with Crippen LogP contribution in [0.1, 0.15) is 11.5 Å². The molecule has 1 N–H and O–H groups in total. The van der Waals surface area contributed by atoms with Crippen LogP contribution in [-0.4, -0.2) is 41.4 Å². The Balaban J connectivity index is 1.68. The van der Waals surface area contributed by atoms with Crippen molar-refractivity contribution in [3.8, 4) is 0 Å². The molecular formula is C20H20Cl2N4O2S. The van der Waals surface area contributed by atoms with Crippen LogP contribution in [0.3, 0.4) is 0 Å². The van der Waals surface area contributed by atoms with Gasteiger partial charge >= 0.3 is 0 Å². The number of nitrogens with one attached hydrogen (secondary N) is 1. The Labute approximate surface area is 180 Å². The molecule has 0 saturated carbocycles. The van der Waals surface area contributed by atoms with E-state index >= 15 is 0 Å². The van der Waals surface area contributed by atoms with Crippen molar-refractivity contribution in [2.24, 2.45) is 7.05 Å². The molecule has 3 aromatic rings. The van der Waals surface area contributed by atoms with Crippen molar-refractivity contribution in [1.29, 1.82) is 0 Å². The van der Waals surface area contributed by atoms with E-state index in [9.17, 15) is 8.42 Å². The SMILES string of the molecule is Cn1cnc(S(=O)(=O)N2CC(Nc3cccc(Cl)c3)C(c3ccccc3Cl)C2)c1. The maximum absolute atomic E-state index is 13.1. The summed E-state index contributed by atoms with van der Waals surface area (Å²) in [5.41, 5.74) is 1.74. The second kappa shape index (κ2) is 7.99. The highest BCUT2D eigenvalue weighted by atomic mass is 35.5. The van der Waals surface area contributed by atoms with Crippen LogP contribution in [0.5, 0.6) is 0 Å². The number of nitrogens with zero attached hydrogens (tertiary/aromatic N) is 3. The summed E-state index contributed by atoms with van der Waals surface area (Å²) in [6, 6.07) is 14.7. The average molecular weight is 451 g/mol. The molecule has 1 fully saturated rings. The van der Waals surface area contributed by atoms with Crippen molar-refractivity contribution in [1.82, 2.24) is 13.9 Å². The Kier molecular flexibility index (Phi) is 5.57. The van der Waals surface area contributed by atoms with E-state index in [1.807, 2.05) is 42.5 Å². The maximum Gasteiger partial charge on any atom is 0.262 e. The van der Waals surface area contributed by atoms with Crippen LogP contribution in [-0.2, 0) is 17.1 Å². The summed E-state index contributed by atoms with van der Waals surface area (Å²) in [7, 11) is -1.97. The summed E-state index contributed by atoms with van der Waals surface area (Å²) < 4.78 is 29.3. The minimum absolute atomic E-state index is 0.0429. The molecule has 0 aliphatic carbocycles. The normalized spacial score (nSPS) is 20.1. The fourth-order valence-corrected chi connectivity index (χ4v) is 5.57.